The van der Waals surface area contributed by atoms with Gasteiger partial charge in [-0.1, -0.05) is 21.3 Å². The van der Waals surface area contributed by atoms with Crippen LogP contribution in [0.25, 0.3) is 0 Å². The Morgan fingerprint density at radius 3 is 1.60 bits per heavy atom. The van der Waals surface area contributed by atoms with E-state index in [1.165, 1.54) is 4.31 Å². The lowest BCUT2D eigenvalue weighted by atomic mass is 10.7. The van der Waals surface area contributed by atoms with Gasteiger partial charge in [0.25, 0.3) is 10.2 Å². The van der Waals surface area contributed by atoms with E-state index in [9.17, 15) is 8.42 Å². The summed E-state index contributed by atoms with van der Waals surface area (Å²) < 4.78 is 22.2. The van der Waals surface area contributed by atoms with Gasteiger partial charge in [-0.25, -0.2) is 5.14 Å². The van der Waals surface area contributed by atoms with Crippen molar-refractivity contribution >= 4 is 10.2 Å². The summed E-state index contributed by atoms with van der Waals surface area (Å²) in [6.07, 6.45) is 0. The second kappa shape index (κ2) is 4.65. The highest BCUT2D eigenvalue weighted by Gasteiger charge is 2.10. The highest BCUT2D eigenvalue weighted by Crippen LogP contribution is 1.90. The standard InChI is InChI=1S/C4H12N2O2S.CH4/c1-3-6(4-2)9(5,7)8;/h3-4H2,1-2H3,(H2,5,7,8);1H4. The summed E-state index contributed by atoms with van der Waals surface area (Å²) in [6, 6.07) is 0. The first-order valence-electron chi connectivity index (χ1n) is 2.80. The molecule has 0 unspecified atom stereocenters. The van der Waals surface area contributed by atoms with Crippen molar-refractivity contribution in [1.29, 1.82) is 0 Å². The molecule has 0 spiro atoms. The summed E-state index contributed by atoms with van der Waals surface area (Å²) in [6.45, 7) is 4.37. The molecule has 0 aromatic rings. The second-order valence-electron chi connectivity index (χ2n) is 1.63. The monoisotopic (exact) mass is 168 g/mol. The molecule has 2 N–H and O–H groups in total. The van der Waals surface area contributed by atoms with Crippen molar-refractivity contribution in [2.24, 2.45) is 5.14 Å². The molecule has 0 aliphatic carbocycles. The van der Waals surface area contributed by atoms with E-state index in [1.807, 2.05) is 0 Å². The molecule has 0 amide bonds. The van der Waals surface area contributed by atoms with Gasteiger partial charge in [0.15, 0.2) is 0 Å². The highest BCUT2D eigenvalue weighted by molar-refractivity contribution is 7.86. The Kier molecular flexibility index (Phi) is 5.83. The third-order valence-electron chi connectivity index (χ3n) is 1.07. The zero-order valence-corrected chi connectivity index (χ0v) is 6.48. The van der Waals surface area contributed by atoms with Gasteiger partial charge in [0.2, 0.25) is 0 Å². The van der Waals surface area contributed by atoms with E-state index >= 15 is 0 Å². The third kappa shape index (κ3) is 3.81. The molecule has 0 aromatic carbocycles. The predicted octanol–water partition coefficient (Wildman–Crippen LogP) is 0.168. The van der Waals surface area contributed by atoms with Crippen molar-refractivity contribution in [3.05, 3.63) is 0 Å². The SMILES string of the molecule is C.CCN(CC)S(N)(=O)=O. The van der Waals surface area contributed by atoms with Gasteiger partial charge in [-0.2, -0.15) is 12.7 Å². The van der Waals surface area contributed by atoms with Crippen molar-refractivity contribution in [3.8, 4) is 0 Å². The molecule has 0 rings (SSSR count). The largest absolute Gasteiger partial charge is 0.276 e. The van der Waals surface area contributed by atoms with Gasteiger partial charge in [-0.05, 0) is 0 Å². The molecule has 0 atom stereocenters. The third-order valence-corrected chi connectivity index (χ3v) is 2.30. The Hall–Kier alpha value is -0.130. The molecule has 0 aliphatic heterocycles. The van der Waals surface area contributed by atoms with Gasteiger partial charge >= 0.3 is 0 Å². The summed E-state index contributed by atoms with van der Waals surface area (Å²) in [4.78, 5) is 0. The van der Waals surface area contributed by atoms with E-state index in [0.717, 1.165) is 0 Å². The Labute approximate surface area is 63.2 Å². The molecule has 0 saturated carbocycles. The van der Waals surface area contributed by atoms with Crippen molar-refractivity contribution in [2.75, 3.05) is 13.1 Å². The van der Waals surface area contributed by atoms with Gasteiger partial charge in [0.05, 0.1) is 0 Å². The molecular weight excluding hydrogens is 152 g/mol. The van der Waals surface area contributed by atoms with Crippen molar-refractivity contribution in [2.45, 2.75) is 21.3 Å². The fourth-order valence-corrected chi connectivity index (χ4v) is 1.30. The average Bonchev–Trinajstić information content (AvgIpc) is 1.65. The molecule has 0 aromatic heterocycles. The van der Waals surface area contributed by atoms with Crippen LogP contribution in [-0.2, 0) is 10.2 Å². The van der Waals surface area contributed by atoms with E-state index in [-0.39, 0.29) is 7.43 Å². The first-order chi connectivity index (χ1) is 4.02. The van der Waals surface area contributed by atoms with E-state index < -0.39 is 10.2 Å². The van der Waals surface area contributed by atoms with Crippen LogP contribution >= 0.6 is 0 Å². The maximum atomic E-state index is 10.5. The van der Waals surface area contributed by atoms with Crippen LogP contribution in [0.1, 0.15) is 21.3 Å². The highest BCUT2D eigenvalue weighted by atomic mass is 32.2. The summed E-state index contributed by atoms with van der Waals surface area (Å²) in [7, 11) is -3.43. The normalized spacial score (nSPS) is 11.2. The van der Waals surface area contributed by atoms with Gasteiger partial charge in [0, 0.05) is 13.1 Å². The van der Waals surface area contributed by atoms with Gasteiger partial charge in [0.1, 0.15) is 0 Å². The maximum Gasteiger partial charge on any atom is 0.276 e. The molecule has 0 saturated heterocycles. The molecule has 0 fully saturated rings. The Bertz CT molecular complexity index is 160. The van der Waals surface area contributed by atoms with Crippen molar-refractivity contribution < 1.29 is 8.42 Å². The summed E-state index contributed by atoms with van der Waals surface area (Å²) in [5, 5.41) is 4.80. The Balaban J connectivity index is 0. The van der Waals surface area contributed by atoms with Crippen LogP contribution in [0, 0.1) is 0 Å². The van der Waals surface area contributed by atoms with Crippen molar-refractivity contribution in [1.82, 2.24) is 4.31 Å². The van der Waals surface area contributed by atoms with Gasteiger partial charge < -0.3 is 0 Å². The first-order valence-corrected chi connectivity index (χ1v) is 4.30. The molecule has 10 heavy (non-hydrogen) atoms. The molecule has 4 nitrogen and oxygen atoms in total. The van der Waals surface area contributed by atoms with E-state index in [1.54, 1.807) is 13.8 Å². The predicted molar refractivity (Wildman–Crippen MR) is 42.8 cm³/mol. The van der Waals surface area contributed by atoms with Crippen LogP contribution in [0.15, 0.2) is 0 Å². The second-order valence-corrected chi connectivity index (χ2v) is 3.18. The van der Waals surface area contributed by atoms with Gasteiger partial charge in [-0.15, -0.1) is 0 Å². The Morgan fingerprint density at radius 1 is 1.30 bits per heavy atom. The number of nitrogens with two attached hydrogens (primary N) is 1. The molecule has 0 aliphatic rings. The van der Waals surface area contributed by atoms with Gasteiger partial charge in [-0.3, -0.25) is 0 Å². The minimum atomic E-state index is -3.43. The molecule has 0 radical (unpaired) electrons. The van der Waals surface area contributed by atoms with Crippen LogP contribution in [0.4, 0.5) is 0 Å². The van der Waals surface area contributed by atoms with Crippen molar-refractivity contribution in [3.63, 3.8) is 0 Å². The van der Waals surface area contributed by atoms with Crippen LogP contribution in [-0.4, -0.2) is 25.8 Å². The van der Waals surface area contributed by atoms with Crippen LogP contribution in [0.2, 0.25) is 0 Å². The smallest absolute Gasteiger partial charge is 0.216 e. The topological polar surface area (TPSA) is 63.4 Å². The molecule has 64 valence electrons. The fraction of sp³-hybridized carbons (Fsp3) is 1.00. The van der Waals surface area contributed by atoms with Crippen LogP contribution in [0.3, 0.4) is 0 Å². The first kappa shape index (κ1) is 12.5. The Morgan fingerprint density at radius 2 is 1.60 bits per heavy atom. The molecule has 0 bridgehead atoms. The minimum absolute atomic E-state index is 0. The summed E-state index contributed by atoms with van der Waals surface area (Å²) in [5.41, 5.74) is 0. The molecular formula is C5H16N2O2S. The van der Waals surface area contributed by atoms with E-state index in [2.05, 4.69) is 0 Å². The van der Waals surface area contributed by atoms with E-state index in [4.69, 9.17) is 5.14 Å². The van der Waals surface area contributed by atoms with Crippen LogP contribution in [0.5, 0.6) is 0 Å². The lowest BCUT2D eigenvalue weighted by molar-refractivity contribution is 0.446. The molecule has 0 heterocycles. The molecule has 5 heteroatoms. The number of rotatable bonds is 3. The van der Waals surface area contributed by atoms with E-state index in [0.29, 0.717) is 13.1 Å². The average molecular weight is 168 g/mol. The number of nitrogens with zero attached hydrogens (tertiary/aromatic N) is 1. The lowest BCUT2D eigenvalue weighted by Gasteiger charge is -2.13. The maximum absolute atomic E-state index is 10.5. The number of hydrogen-bond acceptors (Lipinski definition) is 2. The lowest BCUT2D eigenvalue weighted by Crippen LogP contribution is -2.36. The summed E-state index contributed by atoms with van der Waals surface area (Å²) in [5.74, 6) is 0. The zero-order valence-electron chi connectivity index (χ0n) is 5.66. The minimum Gasteiger partial charge on any atom is -0.216 e. The summed E-state index contributed by atoms with van der Waals surface area (Å²) >= 11 is 0. The number of hydrogen-bond donors (Lipinski definition) is 1. The van der Waals surface area contributed by atoms with Crippen LogP contribution < -0.4 is 5.14 Å². The zero-order chi connectivity index (χ0) is 7.49. The quantitative estimate of drug-likeness (QED) is 0.652. The fourth-order valence-electron chi connectivity index (χ4n) is 0.583.